The monoisotopic (exact) mass is 433 g/mol. The van der Waals surface area contributed by atoms with Crippen LogP contribution in [-0.4, -0.2) is 25.9 Å². The number of amides is 1. The molecule has 0 unspecified atom stereocenters. The zero-order chi connectivity index (χ0) is 22.3. The van der Waals surface area contributed by atoms with E-state index in [2.05, 4.69) is 20.6 Å². The van der Waals surface area contributed by atoms with Crippen LogP contribution in [0.25, 0.3) is 16.8 Å². The summed E-state index contributed by atoms with van der Waals surface area (Å²) in [5, 5.41) is 9.19. The Bertz CT molecular complexity index is 1280. The molecule has 7 nitrogen and oxygen atoms in total. The van der Waals surface area contributed by atoms with E-state index in [1.165, 1.54) is 24.3 Å². The molecule has 4 aromatic rings. The van der Waals surface area contributed by atoms with Gasteiger partial charge in [-0.1, -0.05) is 25.1 Å². The first-order valence-electron chi connectivity index (χ1n) is 9.14. The third kappa shape index (κ3) is 3.98. The van der Waals surface area contributed by atoms with E-state index in [0.717, 1.165) is 12.1 Å². The van der Waals surface area contributed by atoms with E-state index >= 15 is 0 Å². The minimum atomic E-state index is -4.97. The molecule has 0 aliphatic rings. The van der Waals surface area contributed by atoms with E-state index < -0.39 is 29.3 Å². The van der Waals surface area contributed by atoms with Crippen molar-refractivity contribution in [3.05, 3.63) is 65.6 Å². The van der Waals surface area contributed by atoms with Crippen LogP contribution in [0.1, 0.15) is 41.8 Å². The predicted octanol–water partition coefficient (Wildman–Crippen LogP) is 4.94. The first kappa shape index (κ1) is 20.5. The maximum atomic E-state index is 13.7. The van der Waals surface area contributed by atoms with Gasteiger partial charge in [0.15, 0.2) is 22.9 Å². The van der Waals surface area contributed by atoms with Crippen molar-refractivity contribution in [2.45, 2.75) is 25.9 Å². The molecule has 160 valence electrons. The molecule has 0 radical (unpaired) electrons. The summed E-state index contributed by atoms with van der Waals surface area (Å²) in [4.78, 5) is 16.9. The van der Waals surface area contributed by atoms with Gasteiger partial charge >= 0.3 is 6.18 Å². The summed E-state index contributed by atoms with van der Waals surface area (Å²) in [6.07, 6.45) is -4.97. The number of carbonyl (C=O) groups is 1. The van der Waals surface area contributed by atoms with Gasteiger partial charge in [0, 0.05) is 11.6 Å². The van der Waals surface area contributed by atoms with Gasteiger partial charge in [-0.05, 0) is 36.4 Å². The molecule has 2 heterocycles. The average molecular weight is 433 g/mol. The molecule has 2 aromatic carbocycles. The molecular weight excluding hydrogens is 418 g/mol. The Morgan fingerprint density at radius 3 is 2.61 bits per heavy atom. The minimum Gasteiger partial charge on any atom is -0.440 e. The molecule has 0 atom stereocenters. The molecule has 0 bridgehead atoms. The number of fused-ring (bicyclic) bond motifs is 1. The summed E-state index contributed by atoms with van der Waals surface area (Å²) < 4.78 is 60.6. The Hall–Kier alpha value is -3.76. The number of anilines is 1. The molecule has 2 aromatic heterocycles. The van der Waals surface area contributed by atoms with E-state index in [1.807, 2.05) is 13.8 Å². The SMILES string of the molecule is CC(C)c1nc2cc(NC(=O)c3nnn(-c4cccc(F)c4)c3C(F)(F)F)ccc2o1. The van der Waals surface area contributed by atoms with Crippen LogP contribution in [0, 0.1) is 5.82 Å². The lowest BCUT2D eigenvalue weighted by Gasteiger charge is -2.11. The highest BCUT2D eigenvalue weighted by Crippen LogP contribution is 2.33. The summed E-state index contributed by atoms with van der Waals surface area (Å²) in [5.41, 5.74) is -1.45. The van der Waals surface area contributed by atoms with Crippen LogP contribution in [0.4, 0.5) is 23.2 Å². The van der Waals surface area contributed by atoms with E-state index in [-0.39, 0.29) is 17.3 Å². The predicted molar refractivity (Wildman–Crippen MR) is 102 cm³/mol. The van der Waals surface area contributed by atoms with Crippen molar-refractivity contribution in [3.63, 3.8) is 0 Å². The van der Waals surface area contributed by atoms with Gasteiger partial charge in [0.25, 0.3) is 5.91 Å². The third-order valence-corrected chi connectivity index (χ3v) is 4.36. The molecule has 11 heteroatoms. The first-order valence-corrected chi connectivity index (χ1v) is 9.14. The maximum Gasteiger partial charge on any atom is 0.435 e. The van der Waals surface area contributed by atoms with Crippen molar-refractivity contribution in [1.29, 1.82) is 0 Å². The summed E-state index contributed by atoms with van der Waals surface area (Å²) in [6.45, 7) is 3.79. The van der Waals surface area contributed by atoms with Gasteiger partial charge < -0.3 is 9.73 Å². The molecular formula is C20H15F4N5O2. The van der Waals surface area contributed by atoms with Crippen LogP contribution in [0.5, 0.6) is 0 Å². The Morgan fingerprint density at radius 2 is 1.94 bits per heavy atom. The average Bonchev–Trinajstić information content (AvgIpc) is 3.32. The summed E-state index contributed by atoms with van der Waals surface area (Å²) in [6, 6.07) is 8.89. The zero-order valence-electron chi connectivity index (χ0n) is 16.2. The third-order valence-electron chi connectivity index (χ3n) is 4.36. The number of carbonyl (C=O) groups excluding carboxylic acids is 1. The fourth-order valence-electron chi connectivity index (χ4n) is 2.94. The van der Waals surface area contributed by atoms with Crippen LogP contribution >= 0.6 is 0 Å². The highest BCUT2D eigenvalue weighted by molar-refractivity contribution is 6.04. The molecule has 1 N–H and O–H groups in total. The summed E-state index contributed by atoms with van der Waals surface area (Å²) in [5.74, 6) is -1.34. The van der Waals surface area contributed by atoms with Crippen LogP contribution in [-0.2, 0) is 6.18 Å². The van der Waals surface area contributed by atoms with Crippen LogP contribution < -0.4 is 5.32 Å². The number of nitrogens with zero attached hydrogens (tertiary/aromatic N) is 4. The molecule has 1 amide bonds. The van der Waals surface area contributed by atoms with Gasteiger partial charge in [0.2, 0.25) is 0 Å². The second-order valence-electron chi connectivity index (χ2n) is 7.02. The molecule has 0 spiro atoms. The Kier molecular flexibility index (Phi) is 4.96. The van der Waals surface area contributed by atoms with Crippen molar-refractivity contribution in [3.8, 4) is 5.69 Å². The number of benzene rings is 2. The van der Waals surface area contributed by atoms with Crippen molar-refractivity contribution in [1.82, 2.24) is 20.0 Å². The van der Waals surface area contributed by atoms with Crippen molar-refractivity contribution in [2.24, 2.45) is 0 Å². The standard InChI is InChI=1S/C20H15F4N5O2/c1-10(2)19-26-14-9-12(6-7-15(14)31-19)25-18(30)16-17(20(22,23)24)29(28-27-16)13-5-3-4-11(21)8-13/h3-10H,1-2H3,(H,25,30). The zero-order valence-corrected chi connectivity index (χ0v) is 16.2. The number of nitrogens with one attached hydrogen (secondary N) is 1. The van der Waals surface area contributed by atoms with Gasteiger partial charge in [0.05, 0.1) is 5.69 Å². The Balaban J connectivity index is 1.69. The van der Waals surface area contributed by atoms with Gasteiger partial charge in [-0.25, -0.2) is 14.1 Å². The second kappa shape index (κ2) is 7.49. The van der Waals surface area contributed by atoms with Crippen LogP contribution in [0.15, 0.2) is 46.9 Å². The minimum absolute atomic E-state index is 0.0395. The number of oxazole rings is 1. The number of hydrogen-bond donors (Lipinski definition) is 1. The fourth-order valence-corrected chi connectivity index (χ4v) is 2.94. The fraction of sp³-hybridized carbons (Fsp3) is 0.200. The molecule has 4 rings (SSSR count). The molecule has 0 fully saturated rings. The molecule has 0 aliphatic carbocycles. The Morgan fingerprint density at radius 1 is 1.16 bits per heavy atom. The summed E-state index contributed by atoms with van der Waals surface area (Å²) in [7, 11) is 0. The van der Waals surface area contributed by atoms with Crippen molar-refractivity contribution in [2.75, 3.05) is 5.32 Å². The largest absolute Gasteiger partial charge is 0.440 e. The van der Waals surface area contributed by atoms with Gasteiger partial charge in [0.1, 0.15) is 11.3 Å². The highest BCUT2D eigenvalue weighted by Gasteiger charge is 2.42. The molecule has 0 aliphatic heterocycles. The Labute approximate surface area is 172 Å². The lowest BCUT2D eigenvalue weighted by atomic mass is 10.2. The maximum absolute atomic E-state index is 13.7. The lowest BCUT2D eigenvalue weighted by molar-refractivity contribution is -0.143. The number of rotatable bonds is 4. The van der Waals surface area contributed by atoms with Crippen molar-refractivity contribution < 1.29 is 26.8 Å². The van der Waals surface area contributed by atoms with Gasteiger partial charge in [-0.2, -0.15) is 13.2 Å². The first-order chi connectivity index (χ1) is 14.6. The molecule has 0 saturated carbocycles. The van der Waals surface area contributed by atoms with Crippen LogP contribution in [0.2, 0.25) is 0 Å². The highest BCUT2D eigenvalue weighted by atomic mass is 19.4. The molecule has 0 saturated heterocycles. The number of alkyl halides is 3. The lowest BCUT2D eigenvalue weighted by Crippen LogP contribution is -2.21. The smallest absolute Gasteiger partial charge is 0.435 e. The topological polar surface area (TPSA) is 85.8 Å². The van der Waals surface area contributed by atoms with Crippen LogP contribution in [0.3, 0.4) is 0 Å². The van der Waals surface area contributed by atoms with E-state index in [4.69, 9.17) is 4.42 Å². The van der Waals surface area contributed by atoms with Gasteiger partial charge in [-0.3, -0.25) is 4.79 Å². The van der Waals surface area contributed by atoms with Gasteiger partial charge in [-0.15, -0.1) is 5.10 Å². The summed E-state index contributed by atoms with van der Waals surface area (Å²) >= 11 is 0. The molecule has 31 heavy (non-hydrogen) atoms. The van der Waals surface area contributed by atoms with E-state index in [1.54, 1.807) is 6.07 Å². The quantitative estimate of drug-likeness (QED) is 0.461. The normalized spacial score (nSPS) is 12.0. The van der Waals surface area contributed by atoms with E-state index in [9.17, 15) is 22.4 Å². The number of aromatic nitrogens is 4. The van der Waals surface area contributed by atoms with Crippen molar-refractivity contribution >= 4 is 22.7 Å². The number of hydrogen-bond acceptors (Lipinski definition) is 5. The van der Waals surface area contributed by atoms with E-state index in [0.29, 0.717) is 21.7 Å². The number of halogens is 4. The second-order valence-corrected chi connectivity index (χ2v) is 7.02.